The Morgan fingerprint density at radius 3 is 1.32 bits per heavy atom. The van der Waals surface area contributed by atoms with E-state index in [9.17, 15) is 0 Å². The summed E-state index contributed by atoms with van der Waals surface area (Å²) >= 11 is 0. The number of hydrogen-bond donors (Lipinski definition) is 0. The van der Waals surface area contributed by atoms with Crippen LogP contribution < -0.4 is 17.0 Å². The summed E-state index contributed by atoms with van der Waals surface area (Å²) in [5.41, 5.74) is 8.45. The number of halogens is 1. The van der Waals surface area contributed by atoms with Crippen LogP contribution in [0.2, 0.25) is 0 Å². The maximum Gasteiger partial charge on any atom is 0.106 e. The van der Waals surface area contributed by atoms with Crippen LogP contribution in [-0.2, 0) is 32.0 Å². The number of rotatable bonds is 0. The molecular formula is C34H40BrNO4. The lowest BCUT2D eigenvalue weighted by Gasteiger charge is -2.39. The zero-order chi connectivity index (χ0) is 26.7. The molecule has 1 saturated heterocycles. The lowest BCUT2D eigenvalue weighted by molar-refractivity contribution is -0.953. The van der Waals surface area contributed by atoms with Gasteiger partial charge in [-0.15, -0.1) is 0 Å². The Bertz CT molecular complexity index is 1360. The molecule has 1 fully saturated rings. The van der Waals surface area contributed by atoms with E-state index in [1.165, 1.54) is 54.9 Å². The van der Waals surface area contributed by atoms with Crippen molar-refractivity contribution in [2.24, 2.45) is 0 Å². The first kappa shape index (κ1) is 29.2. The van der Waals surface area contributed by atoms with Crippen LogP contribution in [0.4, 0.5) is 0 Å². The third kappa shape index (κ3) is 5.98. The minimum atomic E-state index is 0. The maximum atomic E-state index is 6.13. The molecule has 4 aromatic carbocycles. The van der Waals surface area contributed by atoms with Gasteiger partial charge in [0, 0.05) is 11.1 Å². The fourth-order valence-electron chi connectivity index (χ4n) is 6.47. The largest absolute Gasteiger partial charge is 1.00 e. The van der Waals surface area contributed by atoms with Crippen molar-refractivity contribution in [1.29, 1.82) is 0 Å². The Balaban J connectivity index is 0.00000323. The Kier molecular flexibility index (Phi) is 9.56. The summed E-state index contributed by atoms with van der Waals surface area (Å²) in [5, 5.41) is 5.30. The summed E-state index contributed by atoms with van der Waals surface area (Å²) in [6.07, 6.45) is 0. The molecule has 0 amide bonds. The van der Waals surface area contributed by atoms with E-state index >= 15 is 0 Å². The Morgan fingerprint density at radius 1 is 0.525 bits per heavy atom. The number of hydrogen-bond acceptors (Lipinski definition) is 4. The molecule has 0 bridgehead atoms. The van der Waals surface area contributed by atoms with Gasteiger partial charge in [0.15, 0.2) is 0 Å². The van der Waals surface area contributed by atoms with E-state index in [0.29, 0.717) is 52.9 Å². The normalized spacial score (nSPS) is 18.6. The summed E-state index contributed by atoms with van der Waals surface area (Å²) in [4.78, 5) is 0. The van der Waals surface area contributed by atoms with Crippen molar-refractivity contribution in [2.45, 2.75) is 26.9 Å². The molecule has 4 aromatic rings. The summed E-state index contributed by atoms with van der Waals surface area (Å²) in [5.74, 6) is 0. The molecule has 1 spiro atoms. The van der Waals surface area contributed by atoms with Crippen molar-refractivity contribution in [3.8, 4) is 11.1 Å². The molecule has 5 nitrogen and oxygen atoms in total. The fourth-order valence-corrected chi connectivity index (χ4v) is 6.47. The molecule has 0 atom stereocenters. The zero-order valence-corrected chi connectivity index (χ0v) is 25.3. The minimum absolute atomic E-state index is 0. The molecule has 0 unspecified atom stereocenters. The van der Waals surface area contributed by atoms with Gasteiger partial charge in [0.2, 0.25) is 0 Å². The monoisotopic (exact) mass is 605 g/mol. The maximum absolute atomic E-state index is 6.13. The number of nitrogens with zero attached hydrogens (tertiary/aromatic N) is 1. The van der Waals surface area contributed by atoms with Crippen LogP contribution in [0.1, 0.15) is 22.3 Å². The number of benzene rings is 4. The summed E-state index contributed by atoms with van der Waals surface area (Å²) in [6.45, 7) is 13.3. The van der Waals surface area contributed by atoms with Crippen molar-refractivity contribution in [3.05, 3.63) is 82.9 Å². The van der Waals surface area contributed by atoms with Gasteiger partial charge in [-0.2, -0.15) is 0 Å². The lowest BCUT2D eigenvalue weighted by Crippen LogP contribution is -3.00. The van der Waals surface area contributed by atoms with Gasteiger partial charge in [0.1, 0.15) is 26.2 Å². The second-order valence-corrected chi connectivity index (χ2v) is 11.1. The third-order valence-electron chi connectivity index (χ3n) is 8.53. The molecule has 2 aliphatic heterocycles. The topological polar surface area (TPSA) is 36.9 Å². The summed E-state index contributed by atoms with van der Waals surface area (Å²) < 4.78 is 24.5. The first-order valence-corrected chi connectivity index (χ1v) is 14.3. The molecule has 6 rings (SSSR count). The SMILES string of the molecule is Cc1cc2ccccc2c2c1C[N+]1(CCOCCOCCOCCOCC1)Cc1c(C)cc3ccccc3c1-2.[Br-]. The molecule has 0 N–H and O–H groups in total. The zero-order valence-electron chi connectivity index (χ0n) is 23.7. The lowest BCUT2D eigenvalue weighted by atomic mass is 9.85. The minimum Gasteiger partial charge on any atom is -1.00 e. The van der Waals surface area contributed by atoms with E-state index < -0.39 is 0 Å². The van der Waals surface area contributed by atoms with E-state index in [0.717, 1.165) is 30.7 Å². The average Bonchev–Trinajstić information content (AvgIpc) is 3.10. The highest BCUT2D eigenvalue weighted by molar-refractivity contribution is 6.08. The molecule has 40 heavy (non-hydrogen) atoms. The Morgan fingerprint density at radius 2 is 0.900 bits per heavy atom. The van der Waals surface area contributed by atoms with E-state index in [1.54, 1.807) is 0 Å². The van der Waals surface area contributed by atoms with Gasteiger partial charge < -0.3 is 40.4 Å². The third-order valence-corrected chi connectivity index (χ3v) is 8.53. The summed E-state index contributed by atoms with van der Waals surface area (Å²) in [6, 6.07) is 22.6. The molecule has 0 aromatic heterocycles. The fraction of sp³-hybridized carbons (Fsp3) is 0.412. The van der Waals surface area contributed by atoms with Gasteiger partial charge in [-0.05, 0) is 57.6 Å². The second kappa shape index (κ2) is 13.1. The highest BCUT2D eigenvalue weighted by Crippen LogP contribution is 2.46. The number of quaternary nitrogens is 1. The summed E-state index contributed by atoms with van der Waals surface area (Å²) in [7, 11) is 0. The molecule has 0 saturated carbocycles. The molecule has 212 valence electrons. The second-order valence-electron chi connectivity index (χ2n) is 11.1. The Labute approximate surface area is 248 Å². The van der Waals surface area contributed by atoms with Crippen LogP contribution in [0.25, 0.3) is 32.7 Å². The average molecular weight is 607 g/mol. The van der Waals surface area contributed by atoms with Gasteiger partial charge in [0.05, 0.1) is 52.9 Å². The van der Waals surface area contributed by atoms with Gasteiger partial charge in [-0.3, -0.25) is 0 Å². The van der Waals surface area contributed by atoms with Crippen LogP contribution in [0, 0.1) is 13.8 Å². The van der Waals surface area contributed by atoms with E-state index in [2.05, 4.69) is 74.5 Å². The van der Waals surface area contributed by atoms with Crippen molar-refractivity contribution >= 4 is 21.5 Å². The van der Waals surface area contributed by atoms with Crippen molar-refractivity contribution in [1.82, 2.24) is 0 Å². The van der Waals surface area contributed by atoms with Crippen molar-refractivity contribution < 1.29 is 40.4 Å². The van der Waals surface area contributed by atoms with Crippen molar-refractivity contribution in [3.63, 3.8) is 0 Å². The quantitative estimate of drug-likeness (QED) is 0.289. The predicted octanol–water partition coefficient (Wildman–Crippen LogP) is 3.19. The smallest absolute Gasteiger partial charge is 0.106 e. The van der Waals surface area contributed by atoms with Gasteiger partial charge in [0.25, 0.3) is 0 Å². The van der Waals surface area contributed by atoms with E-state index in [1.807, 2.05) is 0 Å². The van der Waals surface area contributed by atoms with Gasteiger partial charge in [-0.25, -0.2) is 0 Å². The Hall–Kier alpha value is -2.32. The molecule has 0 aliphatic carbocycles. The molecule has 6 heteroatoms. The predicted molar refractivity (Wildman–Crippen MR) is 157 cm³/mol. The van der Waals surface area contributed by atoms with Crippen LogP contribution in [0.3, 0.4) is 0 Å². The van der Waals surface area contributed by atoms with Gasteiger partial charge in [-0.1, -0.05) is 60.7 Å². The molecule has 0 radical (unpaired) electrons. The van der Waals surface area contributed by atoms with Gasteiger partial charge >= 0.3 is 0 Å². The first-order chi connectivity index (χ1) is 19.2. The standard InChI is InChI=1S/C34H40NO4.BrH/c1-25-21-27-7-3-5-9-29(27)33-31(25)23-35(11-13-36-15-17-38-19-20-39-18-16-37-14-12-35)24-32-26(2)22-28-8-4-6-10-30(28)34(32)33;/h3-10,21-22H,11-20,23-24H2,1-2H3;1H/q+1;/p-1. The molecule has 2 heterocycles. The van der Waals surface area contributed by atoms with Crippen molar-refractivity contribution in [2.75, 3.05) is 65.9 Å². The first-order valence-electron chi connectivity index (χ1n) is 14.3. The van der Waals surface area contributed by atoms with Crippen LogP contribution in [0.5, 0.6) is 0 Å². The number of fused-ring (bicyclic) bond motifs is 7. The molecule has 2 aliphatic rings. The molecular weight excluding hydrogens is 566 g/mol. The highest BCUT2D eigenvalue weighted by atomic mass is 79.9. The van der Waals surface area contributed by atoms with E-state index in [4.69, 9.17) is 18.9 Å². The van der Waals surface area contributed by atoms with Crippen LogP contribution in [-0.4, -0.2) is 70.4 Å². The van der Waals surface area contributed by atoms with E-state index in [-0.39, 0.29) is 17.0 Å². The van der Waals surface area contributed by atoms with Crippen LogP contribution >= 0.6 is 0 Å². The number of aryl methyl sites for hydroxylation is 2. The van der Waals surface area contributed by atoms with Crippen LogP contribution in [0.15, 0.2) is 60.7 Å². The number of ether oxygens (including phenoxy) is 4. The highest BCUT2D eigenvalue weighted by Gasteiger charge is 2.36.